The van der Waals surface area contributed by atoms with Crippen LogP contribution in [0.3, 0.4) is 0 Å². The number of aromatic nitrogens is 3. The summed E-state index contributed by atoms with van der Waals surface area (Å²) in [5, 5.41) is 4.02. The van der Waals surface area contributed by atoms with Gasteiger partial charge >= 0.3 is 0 Å². The number of hydrogen-bond donors (Lipinski definition) is 0. The van der Waals surface area contributed by atoms with Crippen LogP contribution >= 0.6 is 0 Å². The minimum absolute atomic E-state index is 0.494. The number of para-hydroxylation sites is 1. The second kappa shape index (κ2) is 13.8. The molecular formula is C58H35N3O2. The van der Waals surface area contributed by atoms with Gasteiger partial charge in [0.1, 0.15) is 22.3 Å². The molecule has 5 nitrogen and oxygen atoms in total. The van der Waals surface area contributed by atoms with Crippen molar-refractivity contribution in [3.63, 3.8) is 0 Å². The molecule has 0 atom stereocenters. The van der Waals surface area contributed by atoms with Crippen LogP contribution in [0.1, 0.15) is 22.3 Å². The first-order valence-electron chi connectivity index (χ1n) is 21.3. The molecular weight excluding hydrogens is 771 g/mol. The van der Waals surface area contributed by atoms with Crippen LogP contribution < -0.4 is 0 Å². The van der Waals surface area contributed by atoms with Crippen LogP contribution in [0.4, 0.5) is 0 Å². The Bertz CT molecular complexity index is 3700. The molecule has 0 unspecified atom stereocenters. The lowest BCUT2D eigenvalue weighted by Crippen LogP contribution is -2.28. The van der Waals surface area contributed by atoms with Gasteiger partial charge in [0.05, 0.1) is 5.41 Å². The Kier molecular flexibility index (Phi) is 7.75. The molecule has 3 heterocycles. The highest BCUT2D eigenvalue weighted by atomic mass is 16.3. The average molecular weight is 806 g/mol. The van der Waals surface area contributed by atoms with Crippen molar-refractivity contribution >= 4 is 43.9 Å². The fraction of sp³-hybridized carbons (Fsp3) is 0.0172. The molecule has 0 spiro atoms. The van der Waals surface area contributed by atoms with E-state index in [0.717, 1.165) is 66.1 Å². The van der Waals surface area contributed by atoms with Gasteiger partial charge in [0.15, 0.2) is 17.5 Å². The monoisotopic (exact) mass is 805 g/mol. The van der Waals surface area contributed by atoms with Gasteiger partial charge in [-0.25, -0.2) is 15.0 Å². The third-order valence-electron chi connectivity index (χ3n) is 12.8. The summed E-state index contributed by atoms with van der Waals surface area (Å²) in [6.45, 7) is 0. The summed E-state index contributed by atoms with van der Waals surface area (Å²) in [6.07, 6.45) is 0. The topological polar surface area (TPSA) is 65.0 Å². The van der Waals surface area contributed by atoms with Crippen LogP contribution in [0.2, 0.25) is 0 Å². The van der Waals surface area contributed by atoms with Gasteiger partial charge in [-0.1, -0.05) is 170 Å². The zero-order valence-corrected chi connectivity index (χ0v) is 33.9. The van der Waals surface area contributed by atoms with E-state index in [2.05, 4.69) is 140 Å². The highest BCUT2D eigenvalue weighted by Gasteiger charge is 2.46. The Hall–Kier alpha value is -8.41. The Balaban J connectivity index is 1.02. The van der Waals surface area contributed by atoms with Crippen molar-refractivity contribution in [2.24, 2.45) is 0 Å². The molecule has 9 aromatic carbocycles. The van der Waals surface area contributed by atoms with Crippen molar-refractivity contribution < 1.29 is 8.83 Å². The number of fused-ring (bicyclic) bond motifs is 9. The first-order chi connectivity index (χ1) is 31.2. The molecule has 5 heteroatoms. The standard InChI is InChI=1S/C58H35N3O2/c1-4-16-36(17-5-1)55-59-56(38-31-33-50-45(35-38)42-22-11-13-28-49(42)62-50)61-57(60-55)44-25-15-29-52-54(44)46-34-37(30-32-51(46)63-52)41-24-14-27-48-53(41)43-23-10-12-26-47(43)58(48,39-18-6-2-7-19-39)40-20-8-3-9-21-40/h1-35H. The lowest BCUT2D eigenvalue weighted by molar-refractivity contribution is 0.668. The Morgan fingerprint density at radius 3 is 1.63 bits per heavy atom. The molecule has 0 N–H and O–H groups in total. The maximum absolute atomic E-state index is 6.63. The van der Waals surface area contributed by atoms with Crippen molar-refractivity contribution in [2.45, 2.75) is 5.41 Å². The molecule has 0 bridgehead atoms. The lowest BCUT2D eigenvalue weighted by atomic mass is 9.67. The first-order valence-corrected chi connectivity index (χ1v) is 21.3. The van der Waals surface area contributed by atoms with E-state index >= 15 is 0 Å². The molecule has 63 heavy (non-hydrogen) atoms. The van der Waals surface area contributed by atoms with E-state index in [1.54, 1.807) is 0 Å². The SMILES string of the molecule is c1ccc(-c2nc(-c3ccc4oc5ccccc5c4c3)nc(-c3cccc4oc5ccc(-c6cccc7c6-c6ccccc6C7(c6ccccc6)c6ccccc6)cc5c34)n2)cc1. The average Bonchev–Trinajstić information content (AvgIpc) is 4.02. The molecule has 1 aliphatic carbocycles. The van der Waals surface area contributed by atoms with Crippen LogP contribution in [0.25, 0.3) is 100 Å². The van der Waals surface area contributed by atoms with Gasteiger partial charge in [-0.3, -0.25) is 0 Å². The second-order valence-corrected chi connectivity index (χ2v) is 16.2. The predicted molar refractivity (Wildman–Crippen MR) is 253 cm³/mol. The zero-order chi connectivity index (χ0) is 41.5. The van der Waals surface area contributed by atoms with E-state index < -0.39 is 5.41 Å². The van der Waals surface area contributed by atoms with Crippen molar-refractivity contribution in [3.05, 3.63) is 235 Å². The summed E-state index contributed by atoms with van der Waals surface area (Å²) in [7, 11) is 0. The second-order valence-electron chi connectivity index (χ2n) is 16.2. The smallest absolute Gasteiger partial charge is 0.164 e. The third-order valence-corrected chi connectivity index (χ3v) is 12.8. The highest BCUT2D eigenvalue weighted by molar-refractivity contribution is 6.13. The molecule has 0 aliphatic heterocycles. The summed E-state index contributed by atoms with van der Waals surface area (Å²) in [6, 6.07) is 74.7. The molecule has 0 saturated carbocycles. The van der Waals surface area contributed by atoms with Gasteiger partial charge in [-0.15, -0.1) is 0 Å². The summed E-state index contributed by atoms with van der Waals surface area (Å²) in [4.78, 5) is 15.5. The number of rotatable bonds is 6. The highest BCUT2D eigenvalue weighted by Crippen LogP contribution is 2.58. The molecule has 0 radical (unpaired) electrons. The van der Waals surface area contributed by atoms with Crippen LogP contribution in [0.5, 0.6) is 0 Å². The normalized spacial score (nSPS) is 12.9. The van der Waals surface area contributed by atoms with E-state index in [1.165, 1.54) is 38.9 Å². The quantitative estimate of drug-likeness (QED) is 0.167. The minimum atomic E-state index is -0.494. The van der Waals surface area contributed by atoms with Crippen molar-refractivity contribution in [2.75, 3.05) is 0 Å². The van der Waals surface area contributed by atoms with Crippen LogP contribution in [-0.4, -0.2) is 15.0 Å². The maximum atomic E-state index is 6.63. The molecule has 1 aliphatic rings. The summed E-state index contributed by atoms with van der Waals surface area (Å²) in [5.41, 5.74) is 15.2. The van der Waals surface area contributed by atoms with E-state index in [-0.39, 0.29) is 0 Å². The molecule has 0 saturated heterocycles. The van der Waals surface area contributed by atoms with E-state index in [4.69, 9.17) is 23.8 Å². The Morgan fingerprint density at radius 1 is 0.317 bits per heavy atom. The predicted octanol–water partition coefficient (Wildman–Crippen LogP) is 14.7. The van der Waals surface area contributed by atoms with Crippen LogP contribution in [-0.2, 0) is 5.41 Å². The summed E-state index contributed by atoms with van der Waals surface area (Å²) >= 11 is 0. The van der Waals surface area contributed by atoms with Gasteiger partial charge in [-0.05, 0) is 87.0 Å². The summed E-state index contributed by atoms with van der Waals surface area (Å²) in [5.74, 6) is 1.74. The van der Waals surface area contributed by atoms with Crippen molar-refractivity contribution in [1.29, 1.82) is 0 Å². The van der Waals surface area contributed by atoms with Crippen LogP contribution in [0.15, 0.2) is 221 Å². The molecule has 0 amide bonds. The summed E-state index contributed by atoms with van der Waals surface area (Å²) < 4.78 is 12.8. The van der Waals surface area contributed by atoms with Gasteiger partial charge in [0.2, 0.25) is 0 Å². The van der Waals surface area contributed by atoms with Crippen molar-refractivity contribution in [1.82, 2.24) is 15.0 Å². The zero-order valence-electron chi connectivity index (χ0n) is 33.9. The first kappa shape index (κ1) is 35.4. The number of furan rings is 2. The largest absolute Gasteiger partial charge is 0.456 e. The van der Waals surface area contributed by atoms with E-state index in [9.17, 15) is 0 Å². The minimum Gasteiger partial charge on any atom is -0.456 e. The molecule has 3 aromatic heterocycles. The fourth-order valence-electron chi connectivity index (χ4n) is 10.1. The third kappa shape index (κ3) is 5.33. The molecule has 13 rings (SSSR count). The lowest BCUT2D eigenvalue weighted by Gasteiger charge is -2.34. The van der Waals surface area contributed by atoms with Gasteiger partial charge < -0.3 is 8.83 Å². The van der Waals surface area contributed by atoms with Crippen molar-refractivity contribution in [3.8, 4) is 56.4 Å². The fourth-order valence-corrected chi connectivity index (χ4v) is 10.1. The number of benzene rings is 9. The van der Waals surface area contributed by atoms with Gasteiger partial charge in [-0.2, -0.15) is 0 Å². The maximum Gasteiger partial charge on any atom is 0.164 e. The van der Waals surface area contributed by atoms with Gasteiger partial charge in [0.25, 0.3) is 0 Å². The van der Waals surface area contributed by atoms with Crippen LogP contribution in [0, 0.1) is 0 Å². The number of hydrogen-bond acceptors (Lipinski definition) is 5. The van der Waals surface area contributed by atoms with E-state index in [1.807, 2.05) is 72.8 Å². The Morgan fingerprint density at radius 2 is 0.841 bits per heavy atom. The van der Waals surface area contributed by atoms with E-state index in [0.29, 0.717) is 17.5 Å². The number of nitrogens with zero attached hydrogens (tertiary/aromatic N) is 3. The molecule has 294 valence electrons. The van der Waals surface area contributed by atoms with Gasteiger partial charge in [0, 0.05) is 38.2 Å². The molecule has 0 fully saturated rings. The Labute approximate surface area is 362 Å². The molecule has 12 aromatic rings.